The van der Waals surface area contributed by atoms with Gasteiger partial charge in [-0.25, -0.2) is 24.1 Å². The maximum atomic E-state index is 15.5. The van der Waals surface area contributed by atoms with Crippen LogP contribution in [0.2, 0.25) is 0 Å². The Morgan fingerprint density at radius 2 is 1.62 bits per heavy atom. The fraction of sp³-hybridized carbons (Fsp3) is 0.250. The lowest BCUT2D eigenvalue weighted by atomic mass is 10.0. The van der Waals surface area contributed by atoms with Crippen molar-refractivity contribution in [1.29, 1.82) is 0 Å². The number of benzene rings is 3. The number of carbonyl (C=O) groups is 3. The Labute approximate surface area is 304 Å². The molecule has 2 saturated heterocycles. The summed E-state index contributed by atoms with van der Waals surface area (Å²) in [6.45, 7) is 1.23. The lowest BCUT2D eigenvalue weighted by molar-refractivity contribution is -0.134. The van der Waals surface area contributed by atoms with E-state index in [1.54, 1.807) is 40.4 Å². The Hall–Kier alpha value is -6.37. The molecule has 3 unspecified atom stereocenters. The van der Waals surface area contributed by atoms with Crippen molar-refractivity contribution in [2.45, 2.75) is 43.8 Å². The van der Waals surface area contributed by atoms with Gasteiger partial charge in [-0.05, 0) is 61.6 Å². The summed E-state index contributed by atoms with van der Waals surface area (Å²) in [5.74, 6) is 0.697. The average molecular weight is 713 g/mol. The highest BCUT2D eigenvalue weighted by Gasteiger charge is 2.37. The lowest BCUT2D eigenvalue weighted by Crippen LogP contribution is -2.42. The maximum Gasteiger partial charge on any atom is 0.407 e. The molecule has 3 atom stereocenters. The van der Waals surface area contributed by atoms with Gasteiger partial charge in [-0.1, -0.05) is 48.5 Å². The molecule has 2 aliphatic heterocycles. The number of alkyl carbamates (subject to hydrolysis) is 1. The highest BCUT2D eigenvalue weighted by atomic mass is 19.1. The number of methoxy groups -OCH3 is 1. The fourth-order valence-corrected chi connectivity index (χ4v) is 7.44. The predicted octanol–water partition coefficient (Wildman–Crippen LogP) is 6.88. The van der Waals surface area contributed by atoms with Gasteiger partial charge < -0.3 is 29.8 Å². The summed E-state index contributed by atoms with van der Waals surface area (Å²) < 4.78 is 20.3. The van der Waals surface area contributed by atoms with Crippen LogP contribution in [0.25, 0.3) is 44.7 Å². The normalized spacial score (nSPS) is 17.6. The minimum absolute atomic E-state index is 0.119. The van der Waals surface area contributed by atoms with Crippen molar-refractivity contribution in [3.05, 3.63) is 114 Å². The van der Waals surface area contributed by atoms with Crippen molar-refractivity contribution in [1.82, 2.24) is 40.0 Å². The molecule has 3 amide bonds. The van der Waals surface area contributed by atoms with Gasteiger partial charge in [0, 0.05) is 35.2 Å². The van der Waals surface area contributed by atoms with Crippen LogP contribution in [0, 0.1) is 5.82 Å². The lowest BCUT2D eigenvalue weighted by Gasteiger charge is -2.28. The van der Waals surface area contributed by atoms with E-state index in [2.05, 4.69) is 25.3 Å². The zero-order chi connectivity index (χ0) is 36.5. The van der Waals surface area contributed by atoms with E-state index in [-0.39, 0.29) is 18.0 Å². The molecular formula is C40H37FN8O4. The summed E-state index contributed by atoms with van der Waals surface area (Å²) in [7, 11) is 1.27. The van der Waals surface area contributed by atoms with Crippen molar-refractivity contribution >= 4 is 29.3 Å². The minimum atomic E-state index is -0.895. The van der Waals surface area contributed by atoms with Crippen LogP contribution >= 0.6 is 0 Å². The number of rotatable bonds is 9. The number of likely N-dealkylation sites (tertiary alicyclic amines) is 2. The van der Waals surface area contributed by atoms with Crippen LogP contribution in [-0.4, -0.2) is 73.3 Å². The highest BCUT2D eigenvalue weighted by molar-refractivity contribution is 5.88. The van der Waals surface area contributed by atoms with Gasteiger partial charge in [-0.3, -0.25) is 9.59 Å². The third-order valence-corrected chi connectivity index (χ3v) is 10.2. The molecule has 268 valence electrons. The number of nitrogens with zero attached hydrogens (tertiary/aromatic N) is 5. The van der Waals surface area contributed by atoms with Crippen molar-refractivity contribution in [2.75, 3.05) is 20.2 Å². The van der Waals surface area contributed by atoms with E-state index in [1.807, 2.05) is 54.6 Å². The van der Waals surface area contributed by atoms with Crippen LogP contribution in [0.15, 0.2) is 91.3 Å². The SMILES string of the molecule is COC(=O)NC(C(=O)N1CCCC1c1ncc(-c2ccc3nc(-c4ccc(-c5cnc(C6CCCN6C=O)[nH]5)c(F)c4)ccc3c2)[nH]1)c1ccccc1. The van der Waals surface area contributed by atoms with E-state index < -0.39 is 18.0 Å². The predicted molar refractivity (Wildman–Crippen MR) is 195 cm³/mol. The number of aromatic nitrogens is 5. The van der Waals surface area contributed by atoms with Crippen LogP contribution in [0.3, 0.4) is 0 Å². The van der Waals surface area contributed by atoms with Crippen LogP contribution in [0.5, 0.6) is 0 Å². The molecule has 3 aromatic heterocycles. The van der Waals surface area contributed by atoms with E-state index >= 15 is 4.39 Å². The van der Waals surface area contributed by atoms with Gasteiger partial charge in [0.2, 0.25) is 6.41 Å². The van der Waals surface area contributed by atoms with Gasteiger partial charge in [-0.2, -0.15) is 0 Å². The van der Waals surface area contributed by atoms with Gasteiger partial charge in [0.15, 0.2) is 0 Å². The zero-order valence-corrected chi connectivity index (χ0v) is 29.0. The second-order valence-corrected chi connectivity index (χ2v) is 13.3. The standard InChI is InChI=1S/C40H37FN8O4/c1-53-40(52)47-36(24-7-3-2-4-8-24)39(51)49-18-6-10-35(49)38-42-21-32(45-38)26-13-16-30-25(19-26)12-15-31(44-30)27-11-14-28(29(41)20-27)33-22-43-37(46-33)34-9-5-17-48(34)23-50/h2-4,7-8,11-16,19-23,34-36H,5-6,9-10,17-18H2,1H3,(H,42,45)(H,43,46)(H,47,52). The zero-order valence-electron chi connectivity index (χ0n) is 29.0. The van der Waals surface area contributed by atoms with Crippen molar-refractivity contribution in [2.24, 2.45) is 0 Å². The molecule has 0 bridgehead atoms. The molecule has 2 aliphatic rings. The van der Waals surface area contributed by atoms with E-state index in [9.17, 15) is 14.4 Å². The summed E-state index contributed by atoms with van der Waals surface area (Å²) >= 11 is 0. The molecule has 0 aliphatic carbocycles. The van der Waals surface area contributed by atoms with Crippen molar-refractivity contribution in [3.8, 4) is 33.8 Å². The third kappa shape index (κ3) is 6.61. The Balaban J connectivity index is 0.990. The van der Waals surface area contributed by atoms with Gasteiger partial charge in [-0.15, -0.1) is 0 Å². The second-order valence-electron chi connectivity index (χ2n) is 13.3. The monoisotopic (exact) mass is 712 g/mol. The minimum Gasteiger partial charge on any atom is -0.453 e. The number of aromatic amines is 2. The molecular weight excluding hydrogens is 675 g/mol. The number of hydrogen-bond acceptors (Lipinski definition) is 7. The molecule has 2 fully saturated rings. The number of ether oxygens (including phenoxy) is 1. The van der Waals surface area contributed by atoms with Crippen LogP contribution < -0.4 is 5.32 Å². The first-order valence-electron chi connectivity index (χ1n) is 17.6. The Morgan fingerprint density at radius 3 is 2.42 bits per heavy atom. The number of hydrogen-bond donors (Lipinski definition) is 3. The maximum absolute atomic E-state index is 15.5. The Morgan fingerprint density at radius 1 is 0.887 bits per heavy atom. The van der Waals surface area contributed by atoms with Crippen molar-refractivity contribution in [3.63, 3.8) is 0 Å². The summed E-state index contributed by atoms with van der Waals surface area (Å²) in [6.07, 6.45) is 6.79. The van der Waals surface area contributed by atoms with Crippen LogP contribution in [0.1, 0.15) is 61.0 Å². The van der Waals surface area contributed by atoms with E-state index in [0.717, 1.165) is 54.3 Å². The van der Waals surface area contributed by atoms with E-state index in [0.29, 0.717) is 52.8 Å². The topological polar surface area (TPSA) is 149 Å². The second kappa shape index (κ2) is 14.3. The first kappa shape index (κ1) is 33.8. The molecule has 53 heavy (non-hydrogen) atoms. The van der Waals surface area contributed by atoms with Crippen LogP contribution in [-0.2, 0) is 14.3 Å². The van der Waals surface area contributed by atoms with Gasteiger partial charge in [0.1, 0.15) is 23.5 Å². The first-order valence-corrected chi connectivity index (χ1v) is 17.6. The largest absolute Gasteiger partial charge is 0.453 e. The number of carbonyl (C=O) groups excluding carboxylic acids is 3. The molecule has 6 aromatic rings. The number of halogens is 1. The summed E-state index contributed by atoms with van der Waals surface area (Å²) in [4.78, 5) is 61.5. The van der Waals surface area contributed by atoms with Gasteiger partial charge in [0.25, 0.3) is 5.91 Å². The molecule has 0 radical (unpaired) electrons. The van der Waals surface area contributed by atoms with Crippen LogP contribution in [0.4, 0.5) is 9.18 Å². The number of H-pyrrole nitrogens is 2. The molecule has 0 saturated carbocycles. The molecule has 13 heteroatoms. The van der Waals surface area contributed by atoms with Crippen molar-refractivity contribution < 1.29 is 23.5 Å². The third-order valence-electron chi connectivity index (χ3n) is 10.2. The molecule has 5 heterocycles. The van der Waals surface area contributed by atoms with Gasteiger partial charge in [0.05, 0.1) is 54.2 Å². The molecule has 0 spiro atoms. The number of pyridine rings is 1. The van der Waals surface area contributed by atoms with E-state index in [1.165, 1.54) is 13.2 Å². The smallest absolute Gasteiger partial charge is 0.407 e. The average Bonchev–Trinajstić information content (AvgIpc) is 4.03. The molecule has 12 nitrogen and oxygen atoms in total. The summed E-state index contributed by atoms with van der Waals surface area (Å²) in [6, 6.07) is 22.6. The molecule has 3 aromatic carbocycles. The first-order chi connectivity index (χ1) is 25.9. The summed E-state index contributed by atoms with van der Waals surface area (Å²) in [5, 5.41) is 3.60. The number of nitrogens with one attached hydrogen (secondary N) is 3. The summed E-state index contributed by atoms with van der Waals surface area (Å²) in [5.41, 5.74) is 5.35. The number of imidazole rings is 2. The number of fused-ring (bicyclic) bond motifs is 1. The Bertz CT molecular complexity index is 2310. The number of amides is 3. The fourth-order valence-electron chi connectivity index (χ4n) is 7.44. The Kier molecular flexibility index (Phi) is 9.13. The quantitative estimate of drug-likeness (QED) is 0.139. The van der Waals surface area contributed by atoms with E-state index in [4.69, 9.17) is 9.72 Å². The molecule has 8 rings (SSSR count). The highest BCUT2D eigenvalue weighted by Crippen LogP contribution is 2.35. The molecule has 3 N–H and O–H groups in total. The van der Waals surface area contributed by atoms with Gasteiger partial charge >= 0.3 is 6.09 Å².